The second-order valence-electron chi connectivity index (χ2n) is 4.55. The number of halogens is 2. The molecule has 1 aromatic rings. The van der Waals surface area contributed by atoms with Gasteiger partial charge in [0, 0.05) is 13.0 Å². The van der Waals surface area contributed by atoms with Gasteiger partial charge in [-0.05, 0) is 6.92 Å². The quantitative estimate of drug-likeness (QED) is 0.823. The highest BCUT2D eigenvalue weighted by molar-refractivity contribution is 5.96. The van der Waals surface area contributed by atoms with Gasteiger partial charge in [0.25, 0.3) is 11.8 Å². The number of alkyl halides is 2. The molecule has 1 amide bonds. The SMILES string of the molecule is CCc1onc(C)c1C(=O)N1CCOCC(F)(F)C1. The zero-order valence-electron chi connectivity index (χ0n) is 10.9. The van der Waals surface area contributed by atoms with Gasteiger partial charge in [0.15, 0.2) is 0 Å². The lowest BCUT2D eigenvalue weighted by molar-refractivity contribution is -0.0661. The molecule has 106 valence electrons. The summed E-state index contributed by atoms with van der Waals surface area (Å²) in [6, 6.07) is 0. The third-order valence-corrected chi connectivity index (χ3v) is 3.00. The van der Waals surface area contributed by atoms with Gasteiger partial charge in [0.2, 0.25) is 0 Å². The van der Waals surface area contributed by atoms with Crippen molar-refractivity contribution in [2.45, 2.75) is 26.2 Å². The van der Waals surface area contributed by atoms with E-state index in [1.165, 1.54) is 0 Å². The third-order valence-electron chi connectivity index (χ3n) is 3.00. The molecule has 7 heteroatoms. The zero-order chi connectivity index (χ0) is 14.0. The van der Waals surface area contributed by atoms with Crippen LogP contribution in [-0.2, 0) is 11.2 Å². The van der Waals surface area contributed by atoms with Gasteiger partial charge in [-0.1, -0.05) is 12.1 Å². The molecule has 1 fully saturated rings. The lowest BCUT2D eigenvalue weighted by atomic mass is 10.1. The van der Waals surface area contributed by atoms with E-state index in [0.29, 0.717) is 23.4 Å². The van der Waals surface area contributed by atoms with E-state index in [4.69, 9.17) is 9.26 Å². The van der Waals surface area contributed by atoms with Crippen molar-refractivity contribution in [3.63, 3.8) is 0 Å². The second-order valence-corrected chi connectivity index (χ2v) is 4.55. The summed E-state index contributed by atoms with van der Waals surface area (Å²) < 4.78 is 36.7. The first-order valence-corrected chi connectivity index (χ1v) is 6.14. The van der Waals surface area contributed by atoms with Gasteiger partial charge in [0.1, 0.15) is 17.9 Å². The summed E-state index contributed by atoms with van der Waals surface area (Å²) in [6.07, 6.45) is 0.489. The number of nitrogens with zero attached hydrogens (tertiary/aromatic N) is 2. The molecule has 2 heterocycles. The largest absolute Gasteiger partial charge is 0.373 e. The minimum Gasteiger partial charge on any atom is -0.373 e. The van der Waals surface area contributed by atoms with Gasteiger partial charge >= 0.3 is 0 Å². The molecule has 0 unspecified atom stereocenters. The molecular weight excluding hydrogens is 258 g/mol. The highest BCUT2D eigenvalue weighted by Gasteiger charge is 2.37. The summed E-state index contributed by atoms with van der Waals surface area (Å²) in [5, 5.41) is 3.72. The number of carbonyl (C=O) groups excluding carboxylic acids is 1. The molecule has 19 heavy (non-hydrogen) atoms. The predicted octanol–water partition coefficient (Wildman–Crippen LogP) is 1.65. The number of ether oxygens (including phenoxy) is 1. The van der Waals surface area contributed by atoms with Gasteiger partial charge < -0.3 is 14.2 Å². The van der Waals surface area contributed by atoms with E-state index in [9.17, 15) is 13.6 Å². The number of aryl methyl sites for hydroxylation is 2. The van der Waals surface area contributed by atoms with Crippen LogP contribution >= 0.6 is 0 Å². The summed E-state index contributed by atoms with van der Waals surface area (Å²) in [5.41, 5.74) is 0.718. The molecule has 0 bridgehead atoms. The molecule has 0 spiro atoms. The molecule has 0 atom stereocenters. The van der Waals surface area contributed by atoms with E-state index in [1.54, 1.807) is 6.92 Å². The first kappa shape index (κ1) is 13.9. The van der Waals surface area contributed by atoms with Crippen LogP contribution in [0, 0.1) is 6.92 Å². The average Bonchev–Trinajstić information content (AvgIpc) is 2.62. The van der Waals surface area contributed by atoms with E-state index in [1.807, 2.05) is 6.92 Å². The second kappa shape index (κ2) is 5.24. The molecular formula is C12H16F2N2O3. The monoisotopic (exact) mass is 274 g/mol. The summed E-state index contributed by atoms with van der Waals surface area (Å²) in [5.74, 6) is -3.07. The molecule has 2 rings (SSSR count). The fraction of sp³-hybridized carbons (Fsp3) is 0.667. The lowest BCUT2D eigenvalue weighted by Crippen LogP contribution is -2.41. The highest BCUT2D eigenvalue weighted by atomic mass is 19.3. The lowest BCUT2D eigenvalue weighted by Gasteiger charge is -2.23. The molecule has 0 aromatic carbocycles. The average molecular weight is 274 g/mol. The van der Waals surface area contributed by atoms with E-state index in [0.717, 1.165) is 4.90 Å². The van der Waals surface area contributed by atoms with E-state index in [2.05, 4.69) is 5.16 Å². The molecule has 1 aliphatic heterocycles. The van der Waals surface area contributed by atoms with Crippen molar-refractivity contribution >= 4 is 5.91 Å². The van der Waals surface area contributed by atoms with Gasteiger partial charge in [-0.25, -0.2) is 8.78 Å². The van der Waals surface area contributed by atoms with E-state index < -0.39 is 25.0 Å². The molecule has 0 radical (unpaired) electrons. The smallest absolute Gasteiger partial charge is 0.288 e. The van der Waals surface area contributed by atoms with Crippen molar-refractivity contribution in [1.82, 2.24) is 10.1 Å². The van der Waals surface area contributed by atoms with Crippen molar-refractivity contribution in [3.8, 4) is 0 Å². The maximum Gasteiger partial charge on any atom is 0.288 e. The van der Waals surface area contributed by atoms with Gasteiger partial charge in [-0.15, -0.1) is 0 Å². The van der Waals surface area contributed by atoms with Crippen LogP contribution in [0.5, 0.6) is 0 Å². The first-order chi connectivity index (χ1) is 8.94. The Labute approximate surface area is 109 Å². The van der Waals surface area contributed by atoms with Crippen LogP contribution in [0.2, 0.25) is 0 Å². The van der Waals surface area contributed by atoms with Crippen LogP contribution in [0.3, 0.4) is 0 Å². The Morgan fingerprint density at radius 1 is 1.53 bits per heavy atom. The molecule has 5 nitrogen and oxygen atoms in total. The number of carbonyl (C=O) groups is 1. The van der Waals surface area contributed by atoms with Crippen molar-refractivity contribution in [2.75, 3.05) is 26.3 Å². The summed E-state index contributed by atoms with van der Waals surface area (Å²) in [6.45, 7) is 2.40. The minimum atomic E-state index is -3.02. The number of aromatic nitrogens is 1. The topological polar surface area (TPSA) is 55.6 Å². The Morgan fingerprint density at radius 3 is 2.95 bits per heavy atom. The number of hydrogen-bond acceptors (Lipinski definition) is 4. The van der Waals surface area contributed by atoms with Gasteiger partial charge in [-0.2, -0.15) is 0 Å². The maximum atomic E-state index is 13.4. The normalized spacial score (nSPS) is 19.3. The van der Waals surface area contributed by atoms with Crippen molar-refractivity contribution in [1.29, 1.82) is 0 Å². The first-order valence-electron chi connectivity index (χ1n) is 6.14. The Bertz CT molecular complexity index is 474. The van der Waals surface area contributed by atoms with Crippen LogP contribution < -0.4 is 0 Å². The Kier molecular flexibility index (Phi) is 3.84. The Hall–Kier alpha value is -1.50. The van der Waals surface area contributed by atoms with Crippen LogP contribution in [0.25, 0.3) is 0 Å². The molecule has 1 aromatic heterocycles. The van der Waals surface area contributed by atoms with E-state index in [-0.39, 0.29) is 13.2 Å². The van der Waals surface area contributed by atoms with Crippen molar-refractivity contribution in [2.24, 2.45) is 0 Å². The number of amides is 1. The standard InChI is InChI=1S/C12H16F2N2O3/c1-3-9-10(8(2)15-19-9)11(17)16-4-5-18-7-12(13,14)6-16/h3-7H2,1-2H3. The molecule has 0 aliphatic carbocycles. The Balaban J connectivity index is 2.25. The van der Waals surface area contributed by atoms with Crippen LogP contribution in [0.1, 0.15) is 28.7 Å². The fourth-order valence-electron chi connectivity index (χ4n) is 2.06. The fourth-order valence-corrected chi connectivity index (χ4v) is 2.06. The third kappa shape index (κ3) is 2.91. The van der Waals surface area contributed by atoms with E-state index >= 15 is 0 Å². The van der Waals surface area contributed by atoms with Crippen LogP contribution in [0.4, 0.5) is 8.78 Å². The van der Waals surface area contributed by atoms with Crippen LogP contribution in [0.15, 0.2) is 4.52 Å². The molecule has 1 aliphatic rings. The number of rotatable bonds is 2. The van der Waals surface area contributed by atoms with Gasteiger partial charge in [0.05, 0.1) is 18.8 Å². The molecule has 1 saturated heterocycles. The summed E-state index contributed by atoms with van der Waals surface area (Å²) in [7, 11) is 0. The highest BCUT2D eigenvalue weighted by Crippen LogP contribution is 2.22. The summed E-state index contributed by atoms with van der Waals surface area (Å²) >= 11 is 0. The molecule has 0 saturated carbocycles. The number of hydrogen-bond donors (Lipinski definition) is 0. The Morgan fingerprint density at radius 2 is 2.26 bits per heavy atom. The van der Waals surface area contributed by atoms with Crippen molar-refractivity contribution in [3.05, 3.63) is 17.0 Å². The predicted molar refractivity (Wildman–Crippen MR) is 62.3 cm³/mol. The van der Waals surface area contributed by atoms with Crippen molar-refractivity contribution < 1.29 is 22.8 Å². The summed E-state index contributed by atoms with van der Waals surface area (Å²) in [4.78, 5) is 13.4. The van der Waals surface area contributed by atoms with Crippen LogP contribution in [-0.4, -0.2) is 48.2 Å². The van der Waals surface area contributed by atoms with Gasteiger partial charge in [-0.3, -0.25) is 4.79 Å². The maximum absolute atomic E-state index is 13.4. The molecule has 0 N–H and O–H groups in total. The minimum absolute atomic E-state index is 0.104. The zero-order valence-corrected chi connectivity index (χ0v) is 10.9.